The normalized spacial score (nSPS) is 16.4. The number of benzene rings is 3. The van der Waals surface area contributed by atoms with E-state index in [1.807, 2.05) is 44.2 Å². The lowest BCUT2D eigenvalue weighted by Gasteiger charge is -2.31. The zero-order valence-corrected chi connectivity index (χ0v) is 25.6. The van der Waals surface area contributed by atoms with Crippen LogP contribution in [0.3, 0.4) is 0 Å². The molecule has 0 N–H and O–H groups in total. The fourth-order valence-electron chi connectivity index (χ4n) is 4.97. The van der Waals surface area contributed by atoms with E-state index in [9.17, 15) is 16.8 Å². The van der Waals surface area contributed by atoms with Gasteiger partial charge >= 0.3 is 0 Å². The molecule has 0 spiro atoms. The van der Waals surface area contributed by atoms with Crippen molar-refractivity contribution in [1.82, 2.24) is 18.5 Å². The van der Waals surface area contributed by atoms with E-state index < -0.39 is 20.0 Å². The van der Waals surface area contributed by atoms with Crippen molar-refractivity contribution in [3.63, 3.8) is 0 Å². The molecule has 0 aliphatic carbocycles. The first-order chi connectivity index (χ1) is 20.1. The van der Waals surface area contributed by atoms with Crippen LogP contribution in [0.4, 0.5) is 0 Å². The summed E-state index contributed by atoms with van der Waals surface area (Å²) in [6.45, 7) is 5.83. The van der Waals surface area contributed by atoms with Crippen LogP contribution < -0.4 is 0 Å². The Hall–Kier alpha value is -3.41. The maximum atomic E-state index is 13.8. The van der Waals surface area contributed by atoms with E-state index in [4.69, 9.17) is 4.98 Å². The van der Waals surface area contributed by atoms with E-state index in [1.54, 1.807) is 66.7 Å². The van der Waals surface area contributed by atoms with Crippen molar-refractivity contribution in [2.45, 2.75) is 43.3 Å². The molecule has 5 rings (SSSR count). The third kappa shape index (κ3) is 7.14. The molecule has 0 saturated heterocycles. The highest BCUT2D eigenvalue weighted by atomic mass is 32.2. The molecule has 4 aromatic rings. The standard InChI is InChI=1S/C32H36N4O4S2/c1-26-11-15-31(16-12-26)41(37,38)35-21-19-34(23-28-7-4-3-5-8-28)20-22-36(25-30-10-6-9-29(24-35)33-30)42(39,40)32-17-13-27(2)14-18-32/h3-18H,19-25H2,1-2H3. The Morgan fingerprint density at radius 2 is 1.02 bits per heavy atom. The number of sulfonamides is 2. The number of aromatic nitrogens is 1. The summed E-state index contributed by atoms with van der Waals surface area (Å²) in [5.74, 6) is 0. The van der Waals surface area contributed by atoms with E-state index in [2.05, 4.69) is 4.90 Å². The molecule has 0 unspecified atom stereocenters. The van der Waals surface area contributed by atoms with Gasteiger partial charge in [-0.2, -0.15) is 8.61 Å². The second-order valence-electron chi connectivity index (χ2n) is 10.7. The van der Waals surface area contributed by atoms with Gasteiger partial charge in [-0.1, -0.05) is 71.8 Å². The van der Waals surface area contributed by atoms with Crippen LogP contribution in [0.15, 0.2) is 107 Å². The molecule has 0 fully saturated rings. The Kier molecular flexibility index (Phi) is 9.19. The molecule has 10 heteroatoms. The highest BCUT2D eigenvalue weighted by Crippen LogP contribution is 2.22. The zero-order chi connectivity index (χ0) is 29.7. The minimum atomic E-state index is -3.81. The van der Waals surface area contributed by atoms with Gasteiger partial charge in [0.1, 0.15) is 0 Å². The number of aryl methyl sites for hydroxylation is 2. The Morgan fingerprint density at radius 1 is 0.571 bits per heavy atom. The fraction of sp³-hybridized carbons (Fsp3) is 0.281. The van der Waals surface area contributed by atoms with Gasteiger partial charge in [-0.25, -0.2) is 16.8 Å². The number of rotatable bonds is 6. The summed E-state index contributed by atoms with van der Waals surface area (Å²) in [6, 6.07) is 29.0. The maximum Gasteiger partial charge on any atom is 0.243 e. The van der Waals surface area contributed by atoms with Crippen molar-refractivity contribution in [1.29, 1.82) is 0 Å². The molecule has 0 radical (unpaired) electrons. The molecule has 0 saturated carbocycles. The highest BCUT2D eigenvalue weighted by molar-refractivity contribution is 7.89. The number of hydrogen-bond donors (Lipinski definition) is 0. The average Bonchev–Trinajstić information content (AvgIpc) is 2.97. The van der Waals surface area contributed by atoms with E-state index in [-0.39, 0.29) is 36.0 Å². The van der Waals surface area contributed by atoms with Crippen LogP contribution >= 0.6 is 0 Å². The molecule has 0 amide bonds. The quantitative estimate of drug-likeness (QED) is 0.320. The first-order valence-corrected chi connectivity index (χ1v) is 16.8. The molecular weight excluding hydrogens is 569 g/mol. The molecular formula is C32H36N4O4S2. The summed E-state index contributed by atoms with van der Waals surface area (Å²) in [5.41, 5.74) is 4.15. The van der Waals surface area contributed by atoms with Gasteiger partial charge in [0.15, 0.2) is 0 Å². The summed E-state index contributed by atoms with van der Waals surface area (Å²) < 4.78 is 58.3. The van der Waals surface area contributed by atoms with Gasteiger partial charge in [0.2, 0.25) is 20.0 Å². The average molecular weight is 605 g/mol. The Labute approximate surface area is 249 Å². The van der Waals surface area contributed by atoms with Crippen LogP contribution in [-0.2, 0) is 39.7 Å². The first-order valence-electron chi connectivity index (χ1n) is 14.0. The minimum Gasteiger partial charge on any atom is -0.296 e. The fourth-order valence-corrected chi connectivity index (χ4v) is 7.78. The number of pyridine rings is 1. The van der Waals surface area contributed by atoms with Gasteiger partial charge in [-0.05, 0) is 55.8 Å². The van der Waals surface area contributed by atoms with E-state index in [0.29, 0.717) is 31.0 Å². The van der Waals surface area contributed by atoms with Crippen LogP contribution in [0.2, 0.25) is 0 Å². The molecule has 1 aliphatic heterocycles. The summed E-state index contributed by atoms with van der Waals surface area (Å²) in [6.07, 6.45) is 0. The van der Waals surface area contributed by atoms with Crippen molar-refractivity contribution in [2.75, 3.05) is 26.2 Å². The SMILES string of the molecule is Cc1ccc(S(=O)(=O)N2CCN(Cc3ccccc3)CCN(S(=O)(=O)c3ccc(C)cc3)Cc3cccc(n3)C2)cc1. The number of hydrogen-bond acceptors (Lipinski definition) is 6. The molecule has 2 bridgehead atoms. The Morgan fingerprint density at radius 3 is 1.48 bits per heavy atom. The van der Waals surface area contributed by atoms with Crippen LogP contribution in [-0.4, -0.2) is 61.5 Å². The molecule has 220 valence electrons. The first kappa shape index (κ1) is 30.1. The zero-order valence-electron chi connectivity index (χ0n) is 23.9. The Bertz CT molecular complexity index is 1610. The molecule has 1 aliphatic rings. The van der Waals surface area contributed by atoms with Gasteiger partial charge in [0.05, 0.1) is 34.3 Å². The van der Waals surface area contributed by atoms with Gasteiger partial charge in [0, 0.05) is 32.7 Å². The van der Waals surface area contributed by atoms with Crippen molar-refractivity contribution in [3.8, 4) is 0 Å². The highest BCUT2D eigenvalue weighted by Gasteiger charge is 2.29. The molecule has 1 aromatic heterocycles. The second-order valence-corrected chi connectivity index (χ2v) is 14.6. The van der Waals surface area contributed by atoms with Gasteiger partial charge in [-0.15, -0.1) is 0 Å². The largest absolute Gasteiger partial charge is 0.296 e. The van der Waals surface area contributed by atoms with Crippen LogP contribution in [0.5, 0.6) is 0 Å². The lowest BCUT2D eigenvalue weighted by atomic mass is 10.2. The number of fused-ring (bicyclic) bond motifs is 2. The number of nitrogens with zero attached hydrogens (tertiary/aromatic N) is 4. The topological polar surface area (TPSA) is 90.9 Å². The monoisotopic (exact) mass is 604 g/mol. The van der Waals surface area contributed by atoms with Crippen LogP contribution in [0.1, 0.15) is 28.1 Å². The van der Waals surface area contributed by atoms with Gasteiger partial charge < -0.3 is 0 Å². The third-order valence-corrected chi connectivity index (χ3v) is 11.2. The summed E-state index contributed by atoms with van der Waals surface area (Å²) >= 11 is 0. The molecule has 3 aromatic carbocycles. The molecule has 2 heterocycles. The molecule has 42 heavy (non-hydrogen) atoms. The third-order valence-electron chi connectivity index (χ3n) is 7.44. The van der Waals surface area contributed by atoms with Gasteiger partial charge in [0.25, 0.3) is 0 Å². The predicted molar refractivity (Wildman–Crippen MR) is 164 cm³/mol. The minimum absolute atomic E-state index is 0.0773. The Balaban J connectivity index is 1.52. The summed E-state index contributed by atoms with van der Waals surface area (Å²) in [4.78, 5) is 7.30. The molecule has 8 nitrogen and oxygen atoms in total. The van der Waals surface area contributed by atoms with Crippen LogP contribution in [0, 0.1) is 13.8 Å². The lowest BCUT2D eigenvalue weighted by molar-refractivity contribution is 0.218. The smallest absolute Gasteiger partial charge is 0.243 e. The van der Waals surface area contributed by atoms with Gasteiger partial charge in [-0.3, -0.25) is 9.88 Å². The van der Waals surface area contributed by atoms with Crippen molar-refractivity contribution in [2.24, 2.45) is 0 Å². The van der Waals surface area contributed by atoms with E-state index in [1.165, 1.54) is 8.61 Å². The predicted octanol–water partition coefficient (Wildman–Crippen LogP) is 4.60. The molecule has 0 atom stereocenters. The van der Waals surface area contributed by atoms with Crippen molar-refractivity contribution >= 4 is 20.0 Å². The van der Waals surface area contributed by atoms with Crippen molar-refractivity contribution in [3.05, 3.63) is 125 Å². The second kappa shape index (κ2) is 12.8. The van der Waals surface area contributed by atoms with E-state index >= 15 is 0 Å². The summed E-state index contributed by atoms with van der Waals surface area (Å²) in [7, 11) is -7.62. The van der Waals surface area contributed by atoms with E-state index in [0.717, 1.165) is 16.7 Å². The lowest BCUT2D eigenvalue weighted by Crippen LogP contribution is -2.43. The summed E-state index contributed by atoms with van der Waals surface area (Å²) in [5, 5.41) is 0. The van der Waals surface area contributed by atoms with Crippen molar-refractivity contribution < 1.29 is 16.8 Å². The maximum absolute atomic E-state index is 13.8. The van der Waals surface area contributed by atoms with Crippen LogP contribution in [0.25, 0.3) is 0 Å².